The van der Waals surface area contributed by atoms with Gasteiger partial charge in [0.05, 0.1) is 6.54 Å². The Balaban J connectivity index is 0.00000289. The van der Waals surface area contributed by atoms with Crippen molar-refractivity contribution in [3.63, 3.8) is 0 Å². The lowest BCUT2D eigenvalue weighted by molar-refractivity contribution is 0.404. The predicted octanol–water partition coefficient (Wildman–Crippen LogP) is 3.12. The fraction of sp³-hybridized carbons (Fsp3) is 0.786. The molecule has 0 saturated carbocycles. The van der Waals surface area contributed by atoms with E-state index in [1.165, 1.54) is 12.8 Å². The molecular weight excluding hydrogens is 337 g/mol. The van der Waals surface area contributed by atoms with E-state index < -0.39 is 0 Å². The quantitative estimate of drug-likeness (QED) is 0.351. The molecule has 1 heterocycles. The maximum Gasteiger partial charge on any atom is 0.194 e. The highest BCUT2D eigenvalue weighted by Gasteiger charge is 2.24. The number of nitrogens with zero attached hydrogens (tertiary/aromatic N) is 2. The normalized spacial score (nSPS) is 19.9. The zero-order valence-electron chi connectivity index (χ0n) is 12.0. The van der Waals surface area contributed by atoms with E-state index in [9.17, 15) is 0 Å². The molecule has 0 amide bonds. The smallest absolute Gasteiger partial charge is 0.194 e. The van der Waals surface area contributed by atoms with Crippen LogP contribution < -0.4 is 5.32 Å². The highest BCUT2D eigenvalue weighted by atomic mass is 127. The molecule has 4 heteroatoms. The number of guanidine groups is 1. The lowest BCUT2D eigenvalue weighted by atomic mass is 9.97. The van der Waals surface area contributed by atoms with Crippen LogP contribution in [0.2, 0.25) is 0 Å². The fourth-order valence-electron chi connectivity index (χ4n) is 2.46. The van der Waals surface area contributed by atoms with E-state index in [1.807, 2.05) is 6.08 Å². The minimum absolute atomic E-state index is 0. The third-order valence-electron chi connectivity index (χ3n) is 3.10. The van der Waals surface area contributed by atoms with Crippen LogP contribution in [-0.4, -0.2) is 37.0 Å². The van der Waals surface area contributed by atoms with Crippen LogP contribution in [0, 0.1) is 11.8 Å². The summed E-state index contributed by atoms with van der Waals surface area (Å²) >= 11 is 0. The summed E-state index contributed by atoms with van der Waals surface area (Å²) in [5, 5.41) is 3.36. The van der Waals surface area contributed by atoms with E-state index in [2.05, 4.69) is 42.6 Å². The predicted molar refractivity (Wildman–Crippen MR) is 90.7 cm³/mol. The van der Waals surface area contributed by atoms with Gasteiger partial charge in [-0.25, -0.2) is 4.99 Å². The number of hydrogen-bond donors (Lipinski definition) is 1. The molecule has 18 heavy (non-hydrogen) atoms. The van der Waals surface area contributed by atoms with Crippen LogP contribution in [0.4, 0.5) is 0 Å². The molecule has 0 spiro atoms. The molecule has 1 aliphatic rings. The summed E-state index contributed by atoms with van der Waals surface area (Å²) in [6, 6.07) is 0. The number of aliphatic imine (C=N–C) groups is 1. The maximum atomic E-state index is 4.54. The molecule has 0 aromatic heterocycles. The molecular formula is C14H28IN3. The van der Waals surface area contributed by atoms with Gasteiger partial charge >= 0.3 is 0 Å². The highest BCUT2D eigenvalue weighted by molar-refractivity contribution is 14.0. The molecule has 1 fully saturated rings. The summed E-state index contributed by atoms with van der Waals surface area (Å²) in [5.41, 5.74) is 0. The third kappa shape index (κ3) is 6.07. The average Bonchev–Trinajstić information content (AvgIpc) is 2.71. The van der Waals surface area contributed by atoms with Crippen LogP contribution in [0.25, 0.3) is 0 Å². The van der Waals surface area contributed by atoms with Gasteiger partial charge in [-0.2, -0.15) is 0 Å². The van der Waals surface area contributed by atoms with Gasteiger partial charge in [-0.05, 0) is 31.6 Å². The second-order valence-electron chi connectivity index (χ2n) is 5.21. The largest absolute Gasteiger partial charge is 0.357 e. The van der Waals surface area contributed by atoms with E-state index in [0.717, 1.165) is 37.4 Å². The van der Waals surface area contributed by atoms with Gasteiger partial charge in [0.1, 0.15) is 0 Å². The molecule has 0 aromatic carbocycles. The van der Waals surface area contributed by atoms with Crippen molar-refractivity contribution in [2.45, 2.75) is 33.6 Å². The summed E-state index contributed by atoms with van der Waals surface area (Å²) in [7, 11) is 0. The average molecular weight is 365 g/mol. The highest BCUT2D eigenvalue weighted by Crippen LogP contribution is 2.23. The Hall–Kier alpha value is -0.260. The molecule has 0 radical (unpaired) electrons. The Labute approximate surface area is 129 Å². The van der Waals surface area contributed by atoms with Crippen molar-refractivity contribution in [3.8, 4) is 0 Å². The van der Waals surface area contributed by atoms with Gasteiger partial charge in [-0.1, -0.05) is 19.9 Å². The summed E-state index contributed by atoms with van der Waals surface area (Å²) in [6.45, 7) is 14.4. The summed E-state index contributed by atoms with van der Waals surface area (Å²) in [4.78, 5) is 6.93. The van der Waals surface area contributed by atoms with Crippen molar-refractivity contribution in [1.82, 2.24) is 10.2 Å². The molecule has 0 aromatic rings. The van der Waals surface area contributed by atoms with Crippen LogP contribution >= 0.6 is 24.0 Å². The Morgan fingerprint density at radius 3 is 2.83 bits per heavy atom. The first kappa shape index (κ1) is 17.7. The Morgan fingerprint density at radius 2 is 2.28 bits per heavy atom. The van der Waals surface area contributed by atoms with Crippen molar-refractivity contribution >= 4 is 29.9 Å². The monoisotopic (exact) mass is 365 g/mol. The standard InChI is InChI=1S/C14H27N3.HI/c1-5-8-16-14(15-6-2)17-9-7-13(11-17)10-12(3)4;/h5,12-13H,1,6-11H2,2-4H3,(H,15,16);1H. The van der Waals surface area contributed by atoms with Gasteiger partial charge in [0, 0.05) is 19.6 Å². The fourth-order valence-corrected chi connectivity index (χ4v) is 2.46. The van der Waals surface area contributed by atoms with Crippen LogP contribution in [0.3, 0.4) is 0 Å². The van der Waals surface area contributed by atoms with Crippen molar-refractivity contribution in [1.29, 1.82) is 0 Å². The lowest BCUT2D eigenvalue weighted by Gasteiger charge is -2.21. The zero-order valence-corrected chi connectivity index (χ0v) is 14.3. The summed E-state index contributed by atoms with van der Waals surface area (Å²) in [5.74, 6) is 2.69. The van der Waals surface area contributed by atoms with Crippen molar-refractivity contribution < 1.29 is 0 Å². The number of likely N-dealkylation sites (tertiary alicyclic amines) is 1. The number of halogens is 1. The molecule has 1 unspecified atom stereocenters. The number of nitrogens with one attached hydrogen (secondary N) is 1. The van der Waals surface area contributed by atoms with Crippen LogP contribution in [-0.2, 0) is 0 Å². The molecule has 1 saturated heterocycles. The van der Waals surface area contributed by atoms with E-state index in [-0.39, 0.29) is 24.0 Å². The van der Waals surface area contributed by atoms with E-state index >= 15 is 0 Å². The second-order valence-corrected chi connectivity index (χ2v) is 5.21. The van der Waals surface area contributed by atoms with Gasteiger partial charge in [-0.15, -0.1) is 30.6 Å². The maximum absolute atomic E-state index is 4.54. The Kier molecular flexibility index (Phi) is 9.50. The zero-order chi connectivity index (χ0) is 12.7. The van der Waals surface area contributed by atoms with Gasteiger partial charge in [0.2, 0.25) is 0 Å². The minimum Gasteiger partial charge on any atom is -0.357 e. The Bertz CT molecular complexity index is 264. The van der Waals surface area contributed by atoms with E-state index in [1.54, 1.807) is 0 Å². The first-order chi connectivity index (χ1) is 8.17. The molecule has 0 bridgehead atoms. The van der Waals surface area contributed by atoms with E-state index in [4.69, 9.17) is 0 Å². The van der Waals surface area contributed by atoms with Gasteiger partial charge in [0.15, 0.2) is 5.96 Å². The Morgan fingerprint density at radius 1 is 1.56 bits per heavy atom. The lowest BCUT2D eigenvalue weighted by Crippen LogP contribution is -2.40. The van der Waals surface area contributed by atoms with Gasteiger partial charge in [0.25, 0.3) is 0 Å². The number of hydrogen-bond acceptors (Lipinski definition) is 1. The molecule has 1 aliphatic heterocycles. The minimum atomic E-state index is 0. The van der Waals surface area contributed by atoms with Crippen LogP contribution in [0.5, 0.6) is 0 Å². The molecule has 0 aliphatic carbocycles. The molecule has 1 atom stereocenters. The molecule has 1 rings (SSSR count). The SMILES string of the molecule is C=CCN=C(NCC)N1CCC(CC(C)C)C1.I. The second kappa shape index (κ2) is 9.64. The van der Waals surface area contributed by atoms with E-state index in [0.29, 0.717) is 6.54 Å². The van der Waals surface area contributed by atoms with Gasteiger partial charge in [-0.3, -0.25) is 0 Å². The van der Waals surface area contributed by atoms with Crippen LogP contribution in [0.15, 0.2) is 17.6 Å². The van der Waals surface area contributed by atoms with Crippen LogP contribution in [0.1, 0.15) is 33.6 Å². The number of rotatable bonds is 5. The third-order valence-corrected chi connectivity index (χ3v) is 3.10. The van der Waals surface area contributed by atoms with Crippen molar-refractivity contribution in [3.05, 3.63) is 12.7 Å². The van der Waals surface area contributed by atoms with Crippen molar-refractivity contribution in [2.24, 2.45) is 16.8 Å². The summed E-state index contributed by atoms with van der Waals surface area (Å²) in [6.07, 6.45) is 4.48. The molecule has 3 nitrogen and oxygen atoms in total. The molecule has 1 N–H and O–H groups in total. The van der Waals surface area contributed by atoms with Gasteiger partial charge < -0.3 is 10.2 Å². The van der Waals surface area contributed by atoms with Crippen molar-refractivity contribution in [2.75, 3.05) is 26.2 Å². The first-order valence-electron chi connectivity index (χ1n) is 6.81. The topological polar surface area (TPSA) is 27.6 Å². The molecule has 106 valence electrons. The summed E-state index contributed by atoms with van der Waals surface area (Å²) < 4.78 is 0. The first-order valence-corrected chi connectivity index (χ1v) is 6.81.